The molecular weight excluding hydrogens is 169 g/mol. The van der Waals surface area contributed by atoms with Gasteiger partial charge in [-0.05, 0) is 0 Å². The van der Waals surface area contributed by atoms with Crippen molar-refractivity contribution in [1.82, 2.24) is 0 Å². The van der Waals surface area contributed by atoms with Crippen LogP contribution in [-0.4, -0.2) is 29.7 Å². The van der Waals surface area contributed by atoms with Crippen molar-refractivity contribution in [3.8, 4) is 0 Å². The Morgan fingerprint density at radius 1 is 1.00 bits per heavy atom. The van der Waals surface area contributed by atoms with Crippen molar-refractivity contribution in [2.45, 2.75) is 51.3 Å². The lowest BCUT2D eigenvalue weighted by Crippen LogP contribution is -2.39. The fourth-order valence-corrected chi connectivity index (χ4v) is 1.10. The normalized spacial score (nSPS) is 41.5. The molecule has 0 aromatic rings. The average Bonchev–Trinajstić information content (AvgIpc) is 2.04. The van der Waals surface area contributed by atoms with Gasteiger partial charge in [-0.3, -0.25) is 0 Å². The van der Waals surface area contributed by atoms with E-state index in [4.69, 9.17) is 5.11 Å². The first-order valence-electron chi connectivity index (χ1n) is 4.21. The van der Waals surface area contributed by atoms with Gasteiger partial charge in [0.15, 0.2) is 6.17 Å². The van der Waals surface area contributed by atoms with Crippen LogP contribution in [0.2, 0.25) is 0 Å². The molecule has 1 aliphatic carbocycles. The third kappa shape index (κ3) is 3.01. The molecule has 0 bridgehead atoms. The summed E-state index contributed by atoms with van der Waals surface area (Å²) in [5, 5.41) is 8.72. The smallest absolute Gasteiger partial charge is 0.162 e. The topological polar surface area (TPSA) is 20.2 Å². The van der Waals surface area contributed by atoms with Crippen LogP contribution in [0.3, 0.4) is 0 Å². The second kappa shape index (κ2) is 5.41. The highest BCUT2D eigenvalue weighted by Crippen LogP contribution is 2.26. The van der Waals surface area contributed by atoms with Crippen molar-refractivity contribution in [2.75, 3.05) is 0 Å². The SMILES string of the molecule is CC.OC1CC(F)C(F)C(F)C1. The number of hydrogen-bond donors (Lipinski definition) is 1. The molecule has 0 amide bonds. The van der Waals surface area contributed by atoms with Crippen LogP contribution in [0, 0.1) is 0 Å². The largest absolute Gasteiger partial charge is 0.393 e. The highest BCUT2D eigenvalue weighted by molar-refractivity contribution is 4.86. The van der Waals surface area contributed by atoms with E-state index >= 15 is 0 Å². The lowest BCUT2D eigenvalue weighted by Gasteiger charge is -2.26. The first kappa shape index (κ1) is 11.8. The van der Waals surface area contributed by atoms with E-state index in [1.165, 1.54) is 0 Å². The van der Waals surface area contributed by atoms with Crippen LogP contribution in [0.15, 0.2) is 0 Å². The summed E-state index contributed by atoms with van der Waals surface area (Å²) in [4.78, 5) is 0. The number of alkyl halides is 3. The third-order valence-electron chi connectivity index (χ3n) is 1.69. The van der Waals surface area contributed by atoms with E-state index < -0.39 is 24.6 Å². The molecule has 0 aromatic heterocycles. The summed E-state index contributed by atoms with van der Waals surface area (Å²) in [6, 6.07) is 0. The van der Waals surface area contributed by atoms with Gasteiger partial charge in [-0.2, -0.15) is 0 Å². The number of rotatable bonds is 0. The number of aliphatic hydroxyl groups excluding tert-OH is 1. The molecule has 12 heavy (non-hydrogen) atoms. The predicted octanol–water partition coefficient (Wildman–Crippen LogP) is 2.18. The van der Waals surface area contributed by atoms with Gasteiger partial charge in [0.2, 0.25) is 0 Å². The quantitative estimate of drug-likeness (QED) is 0.611. The van der Waals surface area contributed by atoms with Crippen LogP contribution < -0.4 is 0 Å². The summed E-state index contributed by atoms with van der Waals surface area (Å²) in [5.41, 5.74) is 0. The number of hydrogen-bond acceptors (Lipinski definition) is 1. The Morgan fingerprint density at radius 3 is 1.67 bits per heavy atom. The molecule has 0 aromatic carbocycles. The Hall–Kier alpha value is -0.250. The Balaban J connectivity index is 0.000000561. The maximum atomic E-state index is 12.3. The minimum Gasteiger partial charge on any atom is -0.393 e. The van der Waals surface area contributed by atoms with E-state index in [1.54, 1.807) is 0 Å². The number of halogens is 3. The fourth-order valence-electron chi connectivity index (χ4n) is 1.10. The summed E-state index contributed by atoms with van der Waals surface area (Å²) >= 11 is 0. The van der Waals surface area contributed by atoms with E-state index in [2.05, 4.69) is 0 Å². The van der Waals surface area contributed by atoms with Gasteiger partial charge in [-0.1, -0.05) is 13.8 Å². The zero-order valence-electron chi connectivity index (χ0n) is 7.30. The molecule has 0 saturated heterocycles. The van der Waals surface area contributed by atoms with Crippen LogP contribution >= 0.6 is 0 Å². The fraction of sp³-hybridized carbons (Fsp3) is 1.00. The molecule has 1 nitrogen and oxygen atoms in total. The van der Waals surface area contributed by atoms with Gasteiger partial charge in [0.05, 0.1) is 6.10 Å². The number of aliphatic hydroxyl groups is 1. The molecule has 2 unspecified atom stereocenters. The van der Waals surface area contributed by atoms with Crippen molar-refractivity contribution < 1.29 is 18.3 Å². The third-order valence-corrected chi connectivity index (χ3v) is 1.69. The van der Waals surface area contributed by atoms with E-state index in [1.807, 2.05) is 13.8 Å². The van der Waals surface area contributed by atoms with Crippen LogP contribution in [-0.2, 0) is 0 Å². The second-order valence-corrected chi connectivity index (χ2v) is 2.60. The van der Waals surface area contributed by atoms with Crippen LogP contribution in [0.25, 0.3) is 0 Å². The summed E-state index contributed by atoms with van der Waals surface area (Å²) in [7, 11) is 0. The molecule has 0 aliphatic heterocycles. The van der Waals surface area contributed by atoms with Gasteiger partial charge in [-0.25, -0.2) is 13.2 Å². The second-order valence-electron chi connectivity index (χ2n) is 2.60. The van der Waals surface area contributed by atoms with E-state index in [0.29, 0.717) is 0 Å². The lowest BCUT2D eigenvalue weighted by molar-refractivity contribution is -0.0210. The maximum Gasteiger partial charge on any atom is 0.162 e. The van der Waals surface area contributed by atoms with E-state index in [9.17, 15) is 13.2 Å². The standard InChI is InChI=1S/C6H9F3O.C2H6/c7-4-1-3(10)2-5(8)6(4)9;1-2/h3-6,10H,1-2H2;1-2H3. The Labute approximate surface area is 70.6 Å². The summed E-state index contributed by atoms with van der Waals surface area (Å²) in [6.07, 6.45) is -7.28. The van der Waals surface area contributed by atoms with Crippen molar-refractivity contribution in [3.63, 3.8) is 0 Å². The molecule has 74 valence electrons. The zero-order chi connectivity index (χ0) is 9.72. The van der Waals surface area contributed by atoms with Crippen LogP contribution in [0.5, 0.6) is 0 Å². The highest BCUT2D eigenvalue weighted by Gasteiger charge is 2.37. The maximum absolute atomic E-state index is 12.3. The summed E-state index contributed by atoms with van der Waals surface area (Å²) in [6.45, 7) is 4.00. The molecule has 1 saturated carbocycles. The van der Waals surface area contributed by atoms with Gasteiger partial charge < -0.3 is 5.11 Å². The zero-order valence-corrected chi connectivity index (χ0v) is 7.30. The Morgan fingerprint density at radius 2 is 1.33 bits per heavy atom. The molecule has 1 rings (SSSR count). The minimum absolute atomic E-state index is 0.276. The van der Waals surface area contributed by atoms with Crippen molar-refractivity contribution in [1.29, 1.82) is 0 Å². The van der Waals surface area contributed by atoms with Crippen molar-refractivity contribution in [2.24, 2.45) is 0 Å². The van der Waals surface area contributed by atoms with Gasteiger partial charge in [0.25, 0.3) is 0 Å². The molecule has 2 atom stereocenters. The minimum atomic E-state index is -2.04. The summed E-state index contributed by atoms with van der Waals surface area (Å²) in [5.74, 6) is 0. The lowest BCUT2D eigenvalue weighted by atomic mass is 9.93. The molecule has 1 aliphatic rings. The van der Waals surface area contributed by atoms with Crippen molar-refractivity contribution >= 4 is 0 Å². The highest BCUT2D eigenvalue weighted by atomic mass is 19.2. The molecule has 0 radical (unpaired) electrons. The first-order chi connectivity index (χ1) is 5.61. The van der Waals surface area contributed by atoms with Gasteiger partial charge in [0.1, 0.15) is 12.3 Å². The predicted molar refractivity (Wildman–Crippen MR) is 41.3 cm³/mol. The molecule has 1 fully saturated rings. The van der Waals surface area contributed by atoms with Gasteiger partial charge in [-0.15, -0.1) is 0 Å². The van der Waals surface area contributed by atoms with Crippen LogP contribution in [0.4, 0.5) is 13.2 Å². The summed E-state index contributed by atoms with van der Waals surface area (Å²) < 4.78 is 36.9. The van der Waals surface area contributed by atoms with Crippen molar-refractivity contribution in [3.05, 3.63) is 0 Å². The first-order valence-corrected chi connectivity index (χ1v) is 4.21. The monoisotopic (exact) mass is 184 g/mol. The van der Waals surface area contributed by atoms with E-state index in [0.717, 1.165) is 0 Å². The Kier molecular flexibility index (Phi) is 5.29. The van der Waals surface area contributed by atoms with Crippen LogP contribution in [0.1, 0.15) is 26.7 Å². The molecule has 4 heteroatoms. The molecular formula is C8H15F3O. The van der Waals surface area contributed by atoms with E-state index in [-0.39, 0.29) is 12.8 Å². The average molecular weight is 184 g/mol. The Bertz CT molecular complexity index is 109. The van der Waals surface area contributed by atoms with Gasteiger partial charge >= 0.3 is 0 Å². The molecule has 0 spiro atoms. The molecule has 0 heterocycles. The molecule has 1 N–H and O–H groups in total. The van der Waals surface area contributed by atoms with Gasteiger partial charge in [0, 0.05) is 12.8 Å².